The lowest BCUT2D eigenvalue weighted by Crippen LogP contribution is -2.37. The molecule has 0 unspecified atom stereocenters. The van der Waals surface area contributed by atoms with Crippen LogP contribution < -0.4 is 5.32 Å². The number of fused-ring (bicyclic) bond motifs is 2. The van der Waals surface area contributed by atoms with Crippen molar-refractivity contribution < 1.29 is 9.18 Å². The zero-order valence-electron chi connectivity index (χ0n) is 13.1. The molecule has 1 heterocycles. The Hall–Kier alpha value is -1.91. The molecule has 5 heteroatoms. The SMILES string of the molecule is O=C(CCc1nc2ccc(F)cc2[nH]1)N[C@@H]1CC[C@H]2CCC[C@H]21. The van der Waals surface area contributed by atoms with Crippen LogP contribution in [0.25, 0.3) is 11.0 Å². The first kappa shape index (κ1) is 14.7. The predicted molar refractivity (Wildman–Crippen MR) is 86.4 cm³/mol. The zero-order valence-corrected chi connectivity index (χ0v) is 13.1. The maximum Gasteiger partial charge on any atom is 0.220 e. The van der Waals surface area contributed by atoms with Crippen molar-refractivity contribution in [3.63, 3.8) is 0 Å². The first-order valence-corrected chi connectivity index (χ1v) is 8.62. The molecular weight excluding hydrogens is 293 g/mol. The molecule has 2 aromatic rings. The number of aromatic nitrogens is 2. The van der Waals surface area contributed by atoms with E-state index in [0.29, 0.717) is 30.3 Å². The second-order valence-corrected chi connectivity index (χ2v) is 6.95. The molecule has 2 aliphatic rings. The van der Waals surface area contributed by atoms with Crippen LogP contribution in [0.2, 0.25) is 0 Å². The molecular formula is C18H22FN3O. The van der Waals surface area contributed by atoms with Gasteiger partial charge in [-0.1, -0.05) is 12.8 Å². The predicted octanol–water partition coefficient (Wildman–Crippen LogP) is 3.33. The molecule has 2 fully saturated rings. The number of rotatable bonds is 4. The number of hydrogen-bond acceptors (Lipinski definition) is 2. The highest BCUT2D eigenvalue weighted by Gasteiger charge is 2.39. The quantitative estimate of drug-likeness (QED) is 0.909. The van der Waals surface area contributed by atoms with Crippen molar-refractivity contribution >= 4 is 16.9 Å². The topological polar surface area (TPSA) is 57.8 Å². The molecule has 0 spiro atoms. The van der Waals surface area contributed by atoms with Crippen LogP contribution in [0.5, 0.6) is 0 Å². The molecule has 1 amide bonds. The summed E-state index contributed by atoms with van der Waals surface area (Å²) in [6.07, 6.45) is 7.31. The molecule has 0 saturated heterocycles. The van der Waals surface area contributed by atoms with Crippen LogP contribution in [0, 0.1) is 17.7 Å². The molecule has 2 saturated carbocycles. The third-order valence-corrected chi connectivity index (χ3v) is 5.51. The van der Waals surface area contributed by atoms with Gasteiger partial charge < -0.3 is 10.3 Å². The van der Waals surface area contributed by atoms with Crippen molar-refractivity contribution in [3.8, 4) is 0 Å². The number of halogens is 1. The highest BCUT2D eigenvalue weighted by molar-refractivity contribution is 5.77. The largest absolute Gasteiger partial charge is 0.353 e. The molecule has 1 aromatic carbocycles. The summed E-state index contributed by atoms with van der Waals surface area (Å²) in [5.74, 6) is 2.11. The first-order valence-electron chi connectivity index (χ1n) is 8.62. The van der Waals surface area contributed by atoms with Crippen molar-refractivity contribution in [1.29, 1.82) is 0 Å². The van der Waals surface area contributed by atoms with Gasteiger partial charge in [-0.3, -0.25) is 4.79 Å². The Labute approximate surface area is 134 Å². The van der Waals surface area contributed by atoms with Crippen molar-refractivity contribution in [2.45, 2.75) is 51.0 Å². The average Bonchev–Trinajstić information content (AvgIpc) is 3.21. The number of nitrogens with one attached hydrogen (secondary N) is 2. The van der Waals surface area contributed by atoms with Gasteiger partial charge in [-0.2, -0.15) is 0 Å². The van der Waals surface area contributed by atoms with E-state index in [-0.39, 0.29) is 11.7 Å². The number of benzene rings is 1. The Balaban J connectivity index is 1.33. The van der Waals surface area contributed by atoms with Crippen LogP contribution in [-0.4, -0.2) is 21.9 Å². The van der Waals surface area contributed by atoms with Gasteiger partial charge in [0.05, 0.1) is 11.0 Å². The monoisotopic (exact) mass is 315 g/mol. The molecule has 2 aliphatic carbocycles. The highest BCUT2D eigenvalue weighted by Crippen LogP contribution is 2.43. The van der Waals surface area contributed by atoms with Gasteiger partial charge in [0.1, 0.15) is 11.6 Å². The van der Waals surface area contributed by atoms with Gasteiger partial charge >= 0.3 is 0 Å². The normalized spacial score (nSPS) is 26.6. The summed E-state index contributed by atoms with van der Waals surface area (Å²) in [5, 5.41) is 3.22. The maximum atomic E-state index is 13.2. The number of hydrogen-bond donors (Lipinski definition) is 2. The number of carbonyl (C=O) groups is 1. The molecule has 0 radical (unpaired) electrons. The van der Waals surface area contributed by atoms with Crippen molar-refractivity contribution in [2.75, 3.05) is 0 Å². The van der Waals surface area contributed by atoms with E-state index >= 15 is 0 Å². The van der Waals surface area contributed by atoms with Gasteiger partial charge in [0.25, 0.3) is 0 Å². The Morgan fingerprint density at radius 1 is 1.30 bits per heavy atom. The van der Waals surface area contributed by atoms with E-state index in [2.05, 4.69) is 15.3 Å². The third kappa shape index (κ3) is 2.96. The van der Waals surface area contributed by atoms with Gasteiger partial charge in [-0.25, -0.2) is 9.37 Å². The highest BCUT2D eigenvalue weighted by atomic mass is 19.1. The minimum absolute atomic E-state index is 0.106. The molecule has 122 valence electrons. The van der Waals surface area contributed by atoms with E-state index in [4.69, 9.17) is 0 Å². The van der Waals surface area contributed by atoms with E-state index in [9.17, 15) is 9.18 Å². The number of carbonyl (C=O) groups excluding carboxylic acids is 1. The van der Waals surface area contributed by atoms with Gasteiger partial charge in [-0.05, 0) is 49.3 Å². The second kappa shape index (κ2) is 5.95. The average molecular weight is 315 g/mol. The Morgan fingerprint density at radius 3 is 3.13 bits per heavy atom. The zero-order chi connectivity index (χ0) is 15.8. The number of aryl methyl sites for hydroxylation is 1. The lowest BCUT2D eigenvalue weighted by atomic mass is 9.97. The Morgan fingerprint density at radius 2 is 2.22 bits per heavy atom. The minimum Gasteiger partial charge on any atom is -0.353 e. The molecule has 4 nitrogen and oxygen atoms in total. The Kier molecular flexibility index (Phi) is 3.79. The fraction of sp³-hybridized carbons (Fsp3) is 0.556. The van der Waals surface area contributed by atoms with Gasteiger partial charge in [0.2, 0.25) is 5.91 Å². The molecule has 1 aromatic heterocycles. The second-order valence-electron chi connectivity index (χ2n) is 6.95. The van der Waals surface area contributed by atoms with E-state index < -0.39 is 0 Å². The maximum absolute atomic E-state index is 13.2. The fourth-order valence-electron chi connectivity index (χ4n) is 4.40. The van der Waals surface area contributed by atoms with E-state index in [1.807, 2.05) is 0 Å². The van der Waals surface area contributed by atoms with E-state index in [1.165, 1.54) is 37.8 Å². The standard InChI is InChI=1S/C18H22FN3O/c19-12-5-7-15-16(10-12)21-17(20-15)8-9-18(23)22-14-6-4-11-2-1-3-13(11)14/h5,7,10-11,13-14H,1-4,6,8-9H2,(H,20,21)(H,22,23)/t11-,13-,14-/m1/s1. The van der Waals surface area contributed by atoms with Crippen LogP contribution in [0.4, 0.5) is 4.39 Å². The third-order valence-electron chi connectivity index (χ3n) is 5.51. The Bertz CT molecular complexity index is 726. The van der Waals surface area contributed by atoms with Crippen LogP contribution in [0.1, 0.15) is 44.3 Å². The van der Waals surface area contributed by atoms with Crippen LogP contribution in [0.15, 0.2) is 18.2 Å². The molecule has 2 N–H and O–H groups in total. The van der Waals surface area contributed by atoms with E-state index in [1.54, 1.807) is 6.07 Å². The molecule has 0 bridgehead atoms. The summed E-state index contributed by atoms with van der Waals surface area (Å²) < 4.78 is 13.2. The minimum atomic E-state index is -0.280. The number of aromatic amines is 1. The number of imidazole rings is 1. The van der Waals surface area contributed by atoms with Crippen LogP contribution in [0.3, 0.4) is 0 Å². The number of H-pyrrole nitrogens is 1. The van der Waals surface area contributed by atoms with Crippen molar-refractivity contribution in [2.24, 2.45) is 11.8 Å². The van der Waals surface area contributed by atoms with Gasteiger partial charge in [0.15, 0.2) is 0 Å². The fourth-order valence-corrected chi connectivity index (χ4v) is 4.40. The molecule has 4 rings (SSSR count). The lowest BCUT2D eigenvalue weighted by Gasteiger charge is -2.19. The van der Waals surface area contributed by atoms with Gasteiger partial charge in [0, 0.05) is 18.9 Å². The molecule has 23 heavy (non-hydrogen) atoms. The summed E-state index contributed by atoms with van der Waals surface area (Å²) in [7, 11) is 0. The smallest absolute Gasteiger partial charge is 0.220 e. The summed E-state index contributed by atoms with van der Waals surface area (Å²) in [5.41, 5.74) is 1.43. The first-order chi connectivity index (χ1) is 11.2. The summed E-state index contributed by atoms with van der Waals surface area (Å²) in [4.78, 5) is 19.7. The van der Waals surface area contributed by atoms with E-state index in [0.717, 1.165) is 23.7 Å². The summed E-state index contributed by atoms with van der Waals surface area (Å²) >= 11 is 0. The number of amides is 1. The number of nitrogens with zero attached hydrogens (tertiary/aromatic N) is 1. The molecule has 3 atom stereocenters. The lowest BCUT2D eigenvalue weighted by molar-refractivity contribution is -0.122. The van der Waals surface area contributed by atoms with Crippen molar-refractivity contribution in [3.05, 3.63) is 29.8 Å². The summed E-state index contributed by atoms with van der Waals surface area (Å²) in [6.45, 7) is 0. The summed E-state index contributed by atoms with van der Waals surface area (Å²) in [6, 6.07) is 4.87. The van der Waals surface area contributed by atoms with Crippen LogP contribution >= 0.6 is 0 Å². The van der Waals surface area contributed by atoms with Crippen LogP contribution in [-0.2, 0) is 11.2 Å². The van der Waals surface area contributed by atoms with Crippen molar-refractivity contribution in [1.82, 2.24) is 15.3 Å². The molecule has 0 aliphatic heterocycles. The van der Waals surface area contributed by atoms with Gasteiger partial charge in [-0.15, -0.1) is 0 Å².